The number of aromatic nitrogens is 4. The van der Waals surface area contributed by atoms with Crippen molar-refractivity contribution in [2.24, 2.45) is 0 Å². The summed E-state index contributed by atoms with van der Waals surface area (Å²) in [6, 6.07) is 2.10. The Morgan fingerprint density at radius 1 is 1.31 bits per heavy atom. The van der Waals surface area contributed by atoms with Gasteiger partial charge in [0.1, 0.15) is 0 Å². The number of hydrogen-bond donors (Lipinski definition) is 2. The van der Waals surface area contributed by atoms with E-state index >= 15 is 0 Å². The summed E-state index contributed by atoms with van der Waals surface area (Å²) < 4.78 is 38.7. The fourth-order valence-electron chi connectivity index (χ4n) is 2.40. The van der Waals surface area contributed by atoms with E-state index < -0.39 is 11.7 Å². The Morgan fingerprint density at radius 3 is 2.65 bits per heavy atom. The highest BCUT2D eigenvalue weighted by Crippen LogP contribution is 2.28. The number of amides is 1. The monoisotopic (exact) mass is 412 g/mol. The van der Waals surface area contributed by atoms with Crippen LogP contribution in [0.2, 0.25) is 0 Å². The standard InChI is InChI=1S/C14H15F3N6O.2ClH/c15-14(16,17)9-3-4-12(19-6-9)23-8-11(21-22-23)13(24)20-10-2-1-5-18-7-10;;/h3-4,6,8,10,18H,1-2,5,7H2,(H,20,24);2*1H/t10-;;/m0../s1. The van der Waals surface area contributed by atoms with Gasteiger partial charge in [0.25, 0.3) is 5.91 Å². The maximum Gasteiger partial charge on any atom is 0.417 e. The molecule has 7 nitrogen and oxygen atoms in total. The molecule has 0 bridgehead atoms. The van der Waals surface area contributed by atoms with Crippen LogP contribution in [0.5, 0.6) is 0 Å². The number of pyridine rings is 1. The fraction of sp³-hybridized carbons (Fsp3) is 0.429. The van der Waals surface area contributed by atoms with Crippen molar-refractivity contribution >= 4 is 30.7 Å². The van der Waals surface area contributed by atoms with E-state index in [1.807, 2.05) is 0 Å². The van der Waals surface area contributed by atoms with Crippen LogP contribution in [0.25, 0.3) is 5.82 Å². The molecule has 1 aliphatic heterocycles. The Hall–Kier alpha value is -1.91. The molecule has 1 saturated heterocycles. The van der Waals surface area contributed by atoms with E-state index in [1.165, 1.54) is 12.3 Å². The Bertz CT molecular complexity index is 716. The van der Waals surface area contributed by atoms with E-state index in [4.69, 9.17) is 0 Å². The van der Waals surface area contributed by atoms with Crippen molar-refractivity contribution in [1.29, 1.82) is 0 Å². The molecule has 1 atom stereocenters. The van der Waals surface area contributed by atoms with Crippen molar-refractivity contribution < 1.29 is 18.0 Å². The van der Waals surface area contributed by atoms with Crippen molar-refractivity contribution in [3.63, 3.8) is 0 Å². The number of rotatable bonds is 3. The van der Waals surface area contributed by atoms with Crippen LogP contribution in [0.4, 0.5) is 13.2 Å². The lowest BCUT2D eigenvalue weighted by molar-refractivity contribution is -0.137. The van der Waals surface area contributed by atoms with Crippen LogP contribution in [0, 0.1) is 0 Å². The molecule has 0 spiro atoms. The van der Waals surface area contributed by atoms with Gasteiger partial charge in [0.15, 0.2) is 11.5 Å². The zero-order chi connectivity index (χ0) is 17.2. The summed E-state index contributed by atoms with van der Waals surface area (Å²) in [5.74, 6) is -0.226. The minimum atomic E-state index is -4.45. The summed E-state index contributed by atoms with van der Waals surface area (Å²) in [6.07, 6.45) is -0.543. The molecule has 1 amide bonds. The van der Waals surface area contributed by atoms with Crippen LogP contribution in [-0.2, 0) is 6.18 Å². The molecular formula is C14H17Cl2F3N6O. The Balaban J connectivity index is 0.00000169. The van der Waals surface area contributed by atoms with Crippen LogP contribution in [0.3, 0.4) is 0 Å². The minimum absolute atomic E-state index is 0. The molecule has 12 heteroatoms. The van der Waals surface area contributed by atoms with Gasteiger partial charge in [0.2, 0.25) is 0 Å². The summed E-state index contributed by atoms with van der Waals surface area (Å²) >= 11 is 0. The van der Waals surface area contributed by atoms with Gasteiger partial charge in [-0.15, -0.1) is 29.9 Å². The van der Waals surface area contributed by atoms with E-state index in [-0.39, 0.29) is 48.3 Å². The smallest absolute Gasteiger partial charge is 0.347 e. The first kappa shape index (κ1) is 22.1. The zero-order valence-corrected chi connectivity index (χ0v) is 15.0. The zero-order valence-electron chi connectivity index (χ0n) is 13.4. The summed E-state index contributed by atoms with van der Waals surface area (Å²) in [5.41, 5.74) is -0.767. The first-order valence-electron chi connectivity index (χ1n) is 7.41. The lowest BCUT2D eigenvalue weighted by Gasteiger charge is -2.23. The van der Waals surface area contributed by atoms with Gasteiger partial charge in [-0.05, 0) is 31.5 Å². The van der Waals surface area contributed by atoms with Gasteiger partial charge in [-0.2, -0.15) is 13.2 Å². The third-order valence-electron chi connectivity index (χ3n) is 3.67. The Morgan fingerprint density at radius 2 is 2.08 bits per heavy atom. The molecule has 0 aromatic carbocycles. The highest BCUT2D eigenvalue weighted by molar-refractivity contribution is 5.92. The fourth-order valence-corrected chi connectivity index (χ4v) is 2.40. The van der Waals surface area contributed by atoms with Gasteiger partial charge in [-0.1, -0.05) is 5.21 Å². The maximum atomic E-state index is 12.5. The topological polar surface area (TPSA) is 84.7 Å². The predicted molar refractivity (Wildman–Crippen MR) is 92.0 cm³/mol. The molecule has 0 unspecified atom stereocenters. The van der Waals surface area contributed by atoms with Crippen molar-refractivity contribution in [3.8, 4) is 5.82 Å². The lowest BCUT2D eigenvalue weighted by atomic mass is 10.1. The van der Waals surface area contributed by atoms with Crippen LogP contribution in [0.1, 0.15) is 28.9 Å². The SMILES string of the molecule is Cl.Cl.O=C(N[C@H]1CCCNC1)c1cn(-c2ccc(C(F)(F)F)cn2)nn1. The molecule has 1 fully saturated rings. The Kier molecular flexibility index (Phi) is 7.79. The number of hydrogen-bond acceptors (Lipinski definition) is 5. The molecule has 144 valence electrons. The summed E-state index contributed by atoms with van der Waals surface area (Å²) in [6.45, 7) is 1.63. The second-order valence-electron chi connectivity index (χ2n) is 5.47. The third-order valence-corrected chi connectivity index (χ3v) is 3.67. The molecule has 2 aromatic heterocycles. The highest BCUT2D eigenvalue weighted by atomic mass is 35.5. The molecule has 1 aliphatic rings. The van der Waals surface area contributed by atoms with Gasteiger partial charge in [-0.25, -0.2) is 9.67 Å². The molecule has 3 rings (SSSR count). The van der Waals surface area contributed by atoms with Crippen LogP contribution < -0.4 is 10.6 Å². The number of piperidine rings is 1. The first-order valence-corrected chi connectivity index (χ1v) is 7.41. The van der Waals surface area contributed by atoms with Gasteiger partial charge < -0.3 is 10.6 Å². The van der Waals surface area contributed by atoms with Gasteiger partial charge >= 0.3 is 6.18 Å². The molecular weight excluding hydrogens is 396 g/mol. The molecule has 3 heterocycles. The molecule has 26 heavy (non-hydrogen) atoms. The first-order chi connectivity index (χ1) is 11.4. The molecule has 2 aromatic rings. The second kappa shape index (κ2) is 9.15. The third kappa shape index (κ3) is 5.29. The average molecular weight is 413 g/mol. The Labute approximate surface area is 159 Å². The minimum Gasteiger partial charge on any atom is -0.347 e. The van der Waals surface area contributed by atoms with E-state index in [0.29, 0.717) is 12.7 Å². The van der Waals surface area contributed by atoms with E-state index in [9.17, 15) is 18.0 Å². The van der Waals surface area contributed by atoms with E-state index in [1.54, 1.807) is 0 Å². The summed E-state index contributed by atoms with van der Waals surface area (Å²) in [5, 5.41) is 13.5. The summed E-state index contributed by atoms with van der Waals surface area (Å²) in [7, 11) is 0. The van der Waals surface area contributed by atoms with Crippen molar-refractivity contribution in [2.75, 3.05) is 13.1 Å². The summed E-state index contributed by atoms with van der Waals surface area (Å²) in [4.78, 5) is 15.8. The lowest BCUT2D eigenvalue weighted by Crippen LogP contribution is -2.45. The number of carbonyl (C=O) groups excluding carboxylic acids is 1. The quantitative estimate of drug-likeness (QED) is 0.805. The molecule has 2 N–H and O–H groups in total. The van der Waals surface area contributed by atoms with Gasteiger partial charge in [-0.3, -0.25) is 4.79 Å². The van der Waals surface area contributed by atoms with Crippen molar-refractivity contribution in [2.45, 2.75) is 25.1 Å². The van der Waals surface area contributed by atoms with Gasteiger partial charge in [0, 0.05) is 18.8 Å². The van der Waals surface area contributed by atoms with Crippen molar-refractivity contribution in [3.05, 3.63) is 35.8 Å². The largest absolute Gasteiger partial charge is 0.417 e. The highest BCUT2D eigenvalue weighted by Gasteiger charge is 2.30. The number of nitrogens with zero attached hydrogens (tertiary/aromatic N) is 4. The van der Waals surface area contributed by atoms with Crippen LogP contribution >= 0.6 is 24.8 Å². The van der Waals surface area contributed by atoms with Crippen LogP contribution in [-0.4, -0.2) is 45.0 Å². The van der Waals surface area contributed by atoms with Crippen LogP contribution in [0.15, 0.2) is 24.5 Å². The average Bonchev–Trinajstić information content (AvgIpc) is 3.05. The molecule has 0 saturated carbocycles. The second-order valence-corrected chi connectivity index (χ2v) is 5.47. The number of nitrogens with one attached hydrogen (secondary N) is 2. The number of halogens is 5. The predicted octanol–water partition coefficient (Wildman–Crippen LogP) is 2.01. The maximum absolute atomic E-state index is 12.5. The molecule has 0 radical (unpaired) electrons. The number of alkyl halides is 3. The van der Waals surface area contributed by atoms with E-state index in [0.717, 1.165) is 30.1 Å². The molecule has 0 aliphatic carbocycles. The van der Waals surface area contributed by atoms with E-state index in [2.05, 4.69) is 25.9 Å². The number of carbonyl (C=O) groups is 1. The van der Waals surface area contributed by atoms with Gasteiger partial charge in [0.05, 0.1) is 11.8 Å². The van der Waals surface area contributed by atoms with Crippen molar-refractivity contribution in [1.82, 2.24) is 30.6 Å². The normalized spacial score (nSPS) is 17.0.